The lowest BCUT2D eigenvalue weighted by Gasteiger charge is -2.16. The first-order valence-corrected chi connectivity index (χ1v) is 7.52. The molecule has 2 N–H and O–H groups in total. The molecule has 1 fully saturated rings. The van der Waals surface area contributed by atoms with Crippen LogP contribution in [0.25, 0.3) is 11.0 Å². The van der Waals surface area contributed by atoms with Gasteiger partial charge in [0.25, 0.3) is 0 Å². The molecular weight excluding hydrogens is 374 g/mol. The Morgan fingerprint density at radius 1 is 1.40 bits per heavy atom. The lowest BCUT2D eigenvalue weighted by Crippen LogP contribution is -2.31. The second kappa shape index (κ2) is 5.19. The molecule has 2 aromatic rings. The quantitative estimate of drug-likeness (QED) is 0.801. The fourth-order valence-corrected chi connectivity index (χ4v) is 2.96. The molecule has 0 atom stereocenters. The van der Waals surface area contributed by atoms with Crippen molar-refractivity contribution in [2.45, 2.75) is 19.4 Å². The molecule has 0 aliphatic carbocycles. The van der Waals surface area contributed by atoms with Gasteiger partial charge in [0.1, 0.15) is 12.4 Å². The Kier molecular flexibility index (Phi) is 3.53. The van der Waals surface area contributed by atoms with Gasteiger partial charge in [-0.1, -0.05) is 0 Å². The van der Waals surface area contributed by atoms with Crippen molar-refractivity contribution in [3.63, 3.8) is 0 Å². The molecule has 1 aliphatic heterocycles. The molecule has 1 amide bonds. The van der Waals surface area contributed by atoms with Crippen molar-refractivity contribution in [2.24, 2.45) is 0 Å². The van der Waals surface area contributed by atoms with Gasteiger partial charge in [-0.25, -0.2) is 9.37 Å². The fraction of sp³-hybridized carbons (Fsp3) is 0.385. The van der Waals surface area contributed by atoms with Crippen LogP contribution in [0.15, 0.2) is 12.1 Å². The molecule has 0 radical (unpaired) electrons. The highest BCUT2D eigenvalue weighted by Gasteiger charge is 2.20. The van der Waals surface area contributed by atoms with Crippen LogP contribution >= 0.6 is 22.6 Å². The maximum atomic E-state index is 13.7. The summed E-state index contributed by atoms with van der Waals surface area (Å²) >= 11 is 1.91. The lowest BCUT2D eigenvalue weighted by molar-refractivity contribution is -0.130. The number of aromatic nitrogens is 2. The number of anilines is 1. The number of nitrogens with two attached hydrogens (primary N) is 1. The first kappa shape index (κ1) is 13.6. The van der Waals surface area contributed by atoms with Crippen molar-refractivity contribution in [1.29, 1.82) is 0 Å². The van der Waals surface area contributed by atoms with E-state index in [9.17, 15) is 9.18 Å². The number of hydrogen-bond acceptors (Lipinski definition) is 3. The van der Waals surface area contributed by atoms with Crippen LogP contribution in [0.4, 0.5) is 10.3 Å². The van der Waals surface area contributed by atoms with Crippen molar-refractivity contribution in [2.75, 3.05) is 18.8 Å². The molecule has 7 heteroatoms. The Bertz CT molecular complexity index is 679. The van der Waals surface area contributed by atoms with Gasteiger partial charge in [0, 0.05) is 19.2 Å². The largest absolute Gasteiger partial charge is 0.369 e. The van der Waals surface area contributed by atoms with Gasteiger partial charge in [0.05, 0.1) is 14.6 Å². The molecule has 1 aromatic carbocycles. The van der Waals surface area contributed by atoms with Crippen molar-refractivity contribution in [1.82, 2.24) is 14.5 Å². The first-order chi connectivity index (χ1) is 9.56. The number of rotatable bonds is 2. The number of halogens is 2. The van der Waals surface area contributed by atoms with Crippen molar-refractivity contribution < 1.29 is 9.18 Å². The molecule has 5 nitrogen and oxygen atoms in total. The molecule has 0 spiro atoms. The minimum absolute atomic E-state index is 0.00691. The molecule has 3 rings (SSSR count). The summed E-state index contributed by atoms with van der Waals surface area (Å²) in [4.78, 5) is 18.2. The summed E-state index contributed by atoms with van der Waals surface area (Å²) in [6.07, 6.45) is 2.08. The number of carbonyl (C=O) groups is 1. The number of amides is 1. The van der Waals surface area contributed by atoms with Gasteiger partial charge < -0.3 is 15.2 Å². The summed E-state index contributed by atoms with van der Waals surface area (Å²) in [5, 5.41) is 0. The van der Waals surface area contributed by atoms with E-state index in [1.54, 1.807) is 10.6 Å². The van der Waals surface area contributed by atoms with E-state index in [4.69, 9.17) is 5.73 Å². The summed E-state index contributed by atoms with van der Waals surface area (Å²) in [6.45, 7) is 1.69. The normalized spacial score (nSPS) is 15.2. The van der Waals surface area contributed by atoms with Gasteiger partial charge in [-0.2, -0.15) is 0 Å². The van der Waals surface area contributed by atoms with Crippen LogP contribution in [0.3, 0.4) is 0 Å². The van der Waals surface area contributed by atoms with Gasteiger partial charge >= 0.3 is 0 Å². The number of benzene rings is 1. The summed E-state index contributed by atoms with van der Waals surface area (Å²) in [5.41, 5.74) is 7.03. The van der Waals surface area contributed by atoms with E-state index >= 15 is 0 Å². The Morgan fingerprint density at radius 2 is 2.10 bits per heavy atom. The Balaban J connectivity index is 1.96. The highest BCUT2D eigenvalue weighted by molar-refractivity contribution is 14.1. The monoisotopic (exact) mass is 388 g/mol. The Morgan fingerprint density at radius 3 is 2.80 bits per heavy atom. The van der Waals surface area contributed by atoms with Crippen LogP contribution in [0.2, 0.25) is 0 Å². The van der Waals surface area contributed by atoms with E-state index in [2.05, 4.69) is 4.98 Å². The predicted octanol–water partition coefficient (Wildman–Crippen LogP) is 1.98. The van der Waals surface area contributed by atoms with Crippen LogP contribution < -0.4 is 5.73 Å². The maximum Gasteiger partial charge on any atom is 0.242 e. The molecule has 2 heterocycles. The number of fused-ring (bicyclic) bond motifs is 1. The van der Waals surface area contributed by atoms with Gasteiger partial charge in [-0.15, -0.1) is 0 Å². The number of hydrogen-bond donors (Lipinski definition) is 1. The third-order valence-electron chi connectivity index (χ3n) is 3.57. The third-order valence-corrected chi connectivity index (χ3v) is 4.40. The summed E-state index contributed by atoms with van der Waals surface area (Å²) < 4.78 is 15.8. The van der Waals surface area contributed by atoms with Crippen molar-refractivity contribution in [3.05, 3.63) is 21.5 Å². The van der Waals surface area contributed by atoms with E-state index in [0.717, 1.165) is 25.9 Å². The predicted molar refractivity (Wildman–Crippen MR) is 82.6 cm³/mol. The van der Waals surface area contributed by atoms with Crippen LogP contribution in [0.5, 0.6) is 0 Å². The van der Waals surface area contributed by atoms with Gasteiger partial charge in [0.15, 0.2) is 0 Å². The van der Waals surface area contributed by atoms with Crippen LogP contribution in [0, 0.1) is 9.39 Å². The number of nitrogen functional groups attached to an aromatic ring is 1. The van der Waals surface area contributed by atoms with E-state index in [1.165, 1.54) is 6.07 Å². The highest BCUT2D eigenvalue weighted by atomic mass is 127. The highest BCUT2D eigenvalue weighted by Crippen LogP contribution is 2.23. The first-order valence-electron chi connectivity index (χ1n) is 6.45. The second-order valence-electron chi connectivity index (χ2n) is 4.90. The van der Waals surface area contributed by atoms with E-state index in [0.29, 0.717) is 14.6 Å². The molecule has 0 saturated carbocycles. The number of likely N-dealkylation sites (tertiary alicyclic amines) is 1. The zero-order valence-corrected chi connectivity index (χ0v) is 12.9. The minimum atomic E-state index is -0.326. The zero-order chi connectivity index (χ0) is 14.3. The van der Waals surface area contributed by atoms with Gasteiger partial charge in [-0.3, -0.25) is 4.79 Å². The Labute approximate surface area is 129 Å². The average Bonchev–Trinajstić information content (AvgIpc) is 3.01. The van der Waals surface area contributed by atoms with Crippen LogP contribution in [0.1, 0.15) is 12.8 Å². The minimum Gasteiger partial charge on any atom is -0.369 e. The summed E-state index contributed by atoms with van der Waals surface area (Å²) in [6, 6.07) is 3.02. The van der Waals surface area contributed by atoms with Crippen LogP contribution in [-0.4, -0.2) is 33.4 Å². The topological polar surface area (TPSA) is 64.1 Å². The molecule has 0 unspecified atom stereocenters. The number of nitrogens with zero attached hydrogens (tertiary/aromatic N) is 3. The lowest BCUT2D eigenvalue weighted by atomic mass is 10.3. The zero-order valence-electron chi connectivity index (χ0n) is 10.8. The third kappa shape index (κ3) is 2.34. The smallest absolute Gasteiger partial charge is 0.242 e. The van der Waals surface area contributed by atoms with Crippen LogP contribution in [-0.2, 0) is 11.3 Å². The van der Waals surface area contributed by atoms with Gasteiger partial charge in [0.2, 0.25) is 11.9 Å². The molecule has 106 valence electrons. The average molecular weight is 388 g/mol. The van der Waals surface area contributed by atoms with E-state index in [-0.39, 0.29) is 24.2 Å². The Hall–Kier alpha value is -1.38. The second-order valence-corrected chi connectivity index (χ2v) is 6.06. The molecule has 20 heavy (non-hydrogen) atoms. The fourth-order valence-electron chi connectivity index (χ4n) is 2.51. The molecule has 1 aliphatic rings. The number of carbonyl (C=O) groups excluding carboxylic acids is 1. The van der Waals surface area contributed by atoms with Gasteiger partial charge in [-0.05, 0) is 41.5 Å². The molecule has 1 saturated heterocycles. The standard InChI is InChI=1S/C13H14FIN4O/c14-8-5-11-10(6-9(8)15)17-13(16)19(11)7-12(20)18-3-1-2-4-18/h5-6H,1-4,7H2,(H2,16,17). The van der Waals surface area contributed by atoms with Crippen molar-refractivity contribution in [3.8, 4) is 0 Å². The maximum absolute atomic E-state index is 13.7. The SMILES string of the molecule is Nc1nc2cc(I)c(F)cc2n1CC(=O)N1CCCC1. The summed E-state index contributed by atoms with van der Waals surface area (Å²) in [7, 11) is 0. The molecule has 0 bridgehead atoms. The van der Waals surface area contributed by atoms with Crippen molar-refractivity contribution >= 4 is 45.5 Å². The number of imidazole rings is 1. The summed E-state index contributed by atoms with van der Waals surface area (Å²) in [5.74, 6) is -0.0747. The van der Waals surface area contributed by atoms with E-state index < -0.39 is 0 Å². The molecule has 1 aromatic heterocycles. The van der Waals surface area contributed by atoms with E-state index in [1.807, 2.05) is 27.5 Å². The molecular formula is C13H14FIN4O.